The van der Waals surface area contributed by atoms with Crippen molar-refractivity contribution in [1.29, 1.82) is 0 Å². The van der Waals surface area contributed by atoms with Gasteiger partial charge in [0.1, 0.15) is 0 Å². The molecule has 0 unspecified atom stereocenters. The molecule has 0 fully saturated rings. The van der Waals surface area contributed by atoms with Gasteiger partial charge in [-0.2, -0.15) is 0 Å². The number of benzene rings is 1. The van der Waals surface area contributed by atoms with Crippen LogP contribution in [0.3, 0.4) is 0 Å². The molecule has 1 aromatic rings. The molecule has 1 rings (SSSR count). The zero-order chi connectivity index (χ0) is 10.0. The van der Waals surface area contributed by atoms with Gasteiger partial charge in [-0.25, -0.2) is 0 Å². The third-order valence-corrected chi connectivity index (χ3v) is 1.94. The molecular formula is C12H15N. The minimum atomic E-state index is 0.763. The lowest BCUT2D eigenvalue weighted by Crippen LogP contribution is -1.90. The first kappa shape index (κ1) is 9.59. The molecule has 0 aromatic heterocycles. The van der Waals surface area contributed by atoms with Crippen molar-refractivity contribution in [2.45, 2.75) is 13.8 Å². The van der Waals surface area contributed by atoms with Crippen LogP contribution in [-0.4, -0.2) is 0 Å². The molecule has 1 heteroatoms. The average Bonchev–Trinajstić information content (AvgIpc) is 2.03. The van der Waals surface area contributed by atoms with Gasteiger partial charge in [-0.05, 0) is 43.2 Å². The van der Waals surface area contributed by atoms with Crippen LogP contribution in [0.15, 0.2) is 31.4 Å². The zero-order valence-corrected chi connectivity index (χ0v) is 8.22. The number of anilines is 1. The molecule has 0 amide bonds. The summed E-state index contributed by atoms with van der Waals surface area (Å²) in [7, 11) is 0. The molecule has 1 aromatic carbocycles. The van der Waals surface area contributed by atoms with Gasteiger partial charge in [-0.3, -0.25) is 0 Å². The predicted octanol–water partition coefficient (Wildman–Crippen LogP) is 3.34. The minimum absolute atomic E-state index is 0.763. The summed E-state index contributed by atoms with van der Waals surface area (Å²) in [5.74, 6) is 0. The summed E-state index contributed by atoms with van der Waals surface area (Å²) < 4.78 is 0. The SMILES string of the molecule is C=C(C)c1cc(N)cc(C(=C)C)c1. The Labute approximate surface area is 79.6 Å². The van der Waals surface area contributed by atoms with Gasteiger partial charge in [0.2, 0.25) is 0 Å². The Morgan fingerprint density at radius 3 is 1.69 bits per heavy atom. The highest BCUT2D eigenvalue weighted by molar-refractivity contribution is 5.72. The highest BCUT2D eigenvalue weighted by atomic mass is 14.5. The molecular weight excluding hydrogens is 158 g/mol. The first-order valence-corrected chi connectivity index (χ1v) is 4.23. The second kappa shape index (κ2) is 3.48. The van der Waals surface area contributed by atoms with Crippen LogP contribution in [0.5, 0.6) is 0 Å². The summed E-state index contributed by atoms with van der Waals surface area (Å²) in [6.07, 6.45) is 0. The van der Waals surface area contributed by atoms with E-state index in [2.05, 4.69) is 19.2 Å². The third kappa shape index (κ3) is 2.22. The van der Waals surface area contributed by atoms with E-state index in [9.17, 15) is 0 Å². The van der Waals surface area contributed by atoms with E-state index in [0.29, 0.717) is 0 Å². The second-order valence-electron chi connectivity index (χ2n) is 3.40. The summed E-state index contributed by atoms with van der Waals surface area (Å²) in [6.45, 7) is 11.7. The van der Waals surface area contributed by atoms with E-state index in [-0.39, 0.29) is 0 Å². The van der Waals surface area contributed by atoms with Crippen LogP contribution in [0.2, 0.25) is 0 Å². The molecule has 0 aliphatic heterocycles. The molecule has 2 N–H and O–H groups in total. The van der Waals surface area contributed by atoms with Crippen molar-refractivity contribution >= 4 is 16.8 Å². The summed E-state index contributed by atoms with van der Waals surface area (Å²) in [5, 5.41) is 0. The summed E-state index contributed by atoms with van der Waals surface area (Å²) in [6, 6.07) is 5.91. The van der Waals surface area contributed by atoms with Crippen molar-refractivity contribution in [2.24, 2.45) is 0 Å². The van der Waals surface area contributed by atoms with Crippen molar-refractivity contribution in [3.8, 4) is 0 Å². The smallest absolute Gasteiger partial charge is 0.0326 e. The fourth-order valence-corrected chi connectivity index (χ4v) is 1.14. The van der Waals surface area contributed by atoms with Gasteiger partial charge in [0.05, 0.1) is 0 Å². The predicted molar refractivity (Wildman–Crippen MR) is 60.3 cm³/mol. The number of nitrogen functional groups attached to an aromatic ring is 1. The fourth-order valence-electron chi connectivity index (χ4n) is 1.14. The summed E-state index contributed by atoms with van der Waals surface area (Å²) in [4.78, 5) is 0. The van der Waals surface area contributed by atoms with Crippen molar-refractivity contribution in [2.75, 3.05) is 5.73 Å². The van der Waals surface area contributed by atoms with Crippen LogP contribution < -0.4 is 5.73 Å². The molecule has 0 saturated carbocycles. The van der Waals surface area contributed by atoms with Gasteiger partial charge in [-0.1, -0.05) is 24.3 Å². The average molecular weight is 173 g/mol. The Hall–Kier alpha value is -1.50. The van der Waals surface area contributed by atoms with Gasteiger partial charge in [0.15, 0.2) is 0 Å². The Balaban J connectivity index is 3.26. The number of hydrogen-bond acceptors (Lipinski definition) is 1. The van der Waals surface area contributed by atoms with E-state index in [1.165, 1.54) is 0 Å². The second-order valence-corrected chi connectivity index (χ2v) is 3.40. The first-order chi connectivity index (χ1) is 6.00. The lowest BCUT2D eigenvalue weighted by molar-refractivity contribution is 1.52. The Kier molecular flexibility index (Phi) is 2.57. The zero-order valence-electron chi connectivity index (χ0n) is 8.22. The van der Waals surface area contributed by atoms with Crippen LogP contribution in [0.1, 0.15) is 25.0 Å². The largest absolute Gasteiger partial charge is 0.399 e. The summed E-state index contributed by atoms with van der Waals surface area (Å²) in [5.41, 5.74) is 10.7. The van der Waals surface area contributed by atoms with Gasteiger partial charge >= 0.3 is 0 Å². The van der Waals surface area contributed by atoms with Crippen LogP contribution in [0, 0.1) is 0 Å². The first-order valence-electron chi connectivity index (χ1n) is 4.23. The van der Waals surface area contributed by atoms with Crippen LogP contribution in [0.4, 0.5) is 5.69 Å². The molecule has 0 spiro atoms. The standard InChI is InChI=1S/C12H15N/c1-8(2)10-5-11(9(3)4)7-12(13)6-10/h5-7H,1,3,13H2,2,4H3. The molecule has 0 radical (unpaired) electrons. The van der Waals surface area contributed by atoms with Gasteiger partial charge < -0.3 is 5.73 Å². The lowest BCUT2D eigenvalue weighted by Gasteiger charge is -2.06. The topological polar surface area (TPSA) is 26.0 Å². The van der Waals surface area contributed by atoms with E-state index >= 15 is 0 Å². The Morgan fingerprint density at radius 1 is 1.00 bits per heavy atom. The molecule has 0 aliphatic rings. The van der Waals surface area contributed by atoms with Gasteiger partial charge in [0, 0.05) is 5.69 Å². The maximum absolute atomic E-state index is 5.75. The highest BCUT2D eigenvalue weighted by Crippen LogP contribution is 2.21. The normalized spacial score (nSPS) is 9.69. The maximum atomic E-state index is 5.75. The number of hydrogen-bond donors (Lipinski definition) is 1. The molecule has 0 saturated heterocycles. The number of allylic oxidation sites excluding steroid dienone is 2. The van der Waals surface area contributed by atoms with Crippen molar-refractivity contribution in [3.63, 3.8) is 0 Å². The molecule has 0 aliphatic carbocycles. The molecule has 1 nitrogen and oxygen atoms in total. The van der Waals surface area contributed by atoms with E-state index in [1.807, 2.05) is 26.0 Å². The van der Waals surface area contributed by atoms with Gasteiger partial charge in [-0.15, -0.1) is 0 Å². The Morgan fingerprint density at radius 2 is 1.38 bits per heavy atom. The molecule has 68 valence electrons. The van der Waals surface area contributed by atoms with E-state index in [0.717, 1.165) is 28.0 Å². The number of rotatable bonds is 2. The lowest BCUT2D eigenvalue weighted by atomic mass is 10.0. The number of nitrogens with two attached hydrogens (primary N) is 1. The third-order valence-electron chi connectivity index (χ3n) is 1.94. The minimum Gasteiger partial charge on any atom is -0.399 e. The van der Waals surface area contributed by atoms with E-state index < -0.39 is 0 Å². The fraction of sp³-hybridized carbons (Fsp3) is 0.167. The Bertz CT molecular complexity index is 329. The van der Waals surface area contributed by atoms with Crippen molar-refractivity contribution < 1.29 is 0 Å². The van der Waals surface area contributed by atoms with Crippen LogP contribution in [-0.2, 0) is 0 Å². The monoisotopic (exact) mass is 173 g/mol. The van der Waals surface area contributed by atoms with Crippen molar-refractivity contribution in [3.05, 3.63) is 42.5 Å². The maximum Gasteiger partial charge on any atom is 0.0326 e. The molecule has 13 heavy (non-hydrogen) atoms. The molecule has 0 atom stereocenters. The van der Waals surface area contributed by atoms with Crippen LogP contribution >= 0.6 is 0 Å². The van der Waals surface area contributed by atoms with Crippen molar-refractivity contribution in [1.82, 2.24) is 0 Å². The van der Waals surface area contributed by atoms with E-state index in [4.69, 9.17) is 5.73 Å². The quantitative estimate of drug-likeness (QED) is 0.682. The molecule has 0 heterocycles. The molecule has 0 bridgehead atoms. The van der Waals surface area contributed by atoms with E-state index in [1.54, 1.807) is 0 Å². The van der Waals surface area contributed by atoms with Crippen LogP contribution in [0.25, 0.3) is 11.1 Å². The highest BCUT2D eigenvalue weighted by Gasteiger charge is 1.99. The van der Waals surface area contributed by atoms with Gasteiger partial charge in [0.25, 0.3) is 0 Å². The summed E-state index contributed by atoms with van der Waals surface area (Å²) >= 11 is 0.